The maximum Gasteiger partial charge on any atom is 0.0962 e. The molecule has 2 unspecified atom stereocenters. The Labute approximate surface area is 83.3 Å². The van der Waals surface area contributed by atoms with Gasteiger partial charge in [-0.2, -0.15) is 0 Å². The minimum atomic E-state index is -0.746. The summed E-state index contributed by atoms with van der Waals surface area (Å²) in [6, 6.07) is 0. The van der Waals surface area contributed by atoms with Crippen molar-refractivity contribution in [1.29, 1.82) is 0 Å². The fourth-order valence-electron chi connectivity index (χ4n) is 0.724. The Kier molecular flexibility index (Phi) is 5.95. The maximum atomic E-state index is 11.0. The lowest BCUT2D eigenvalue weighted by Gasteiger charge is -2.07. The molecule has 0 rings (SSSR count). The summed E-state index contributed by atoms with van der Waals surface area (Å²) in [5.41, 5.74) is 5.65. The van der Waals surface area contributed by atoms with Crippen molar-refractivity contribution in [2.75, 3.05) is 12.8 Å². The molecule has 2 N–H and O–H groups in total. The second kappa shape index (κ2) is 6.13. The Morgan fingerprint density at radius 3 is 2.38 bits per heavy atom. The van der Waals surface area contributed by atoms with Crippen LogP contribution in [0.1, 0.15) is 27.2 Å². The molecule has 0 aromatic rings. The van der Waals surface area contributed by atoms with Crippen molar-refractivity contribution in [3.8, 4) is 0 Å². The molecule has 4 heteroatoms. The highest BCUT2D eigenvalue weighted by Crippen LogP contribution is 2.00. The molecule has 0 heterocycles. The second-order valence-electron chi connectivity index (χ2n) is 3.56. The van der Waals surface area contributed by atoms with Gasteiger partial charge in [0.25, 0.3) is 0 Å². The highest BCUT2D eigenvalue weighted by Gasteiger charge is 2.05. The molecule has 0 aromatic heterocycles. The first-order valence-electron chi connectivity index (χ1n) is 4.57. The van der Waals surface area contributed by atoms with Crippen LogP contribution in [0.25, 0.3) is 0 Å². The molecule has 2 atom stereocenters. The van der Waals surface area contributed by atoms with Crippen molar-refractivity contribution in [2.24, 2.45) is 16.6 Å². The van der Waals surface area contributed by atoms with Crippen molar-refractivity contribution in [3.63, 3.8) is 0 Å². The topological polar surface area (TPSA) is 55.4 Å². The standard InChI is InChI=1S/C9H20N2OS/c1-7(2)9(10)11-6-5-8(3)13(4)12/h7-8H,5-6H2,1-4H3,(H2,10,11). The third kappa shape index (κ3) is 5.80. The van der Waals surface area contributed by atoms with E-state index in [1.807, 2.05) is 20.8 Å². The van der Waals surface area contributed by atoms with E-state index in [0.717, 1.165) is 6.42 Å². The quantitative estimate of drug-likeness (QED) is 0.539. The van der Waals surface area contributed by atoms with Crippen LogP contribution >= 0.6 is 0 Å². The van der Waals surface area contributed by atoms with Crippen molar-refractivity contribution >= 4 is 16.6 Å². The van der Waals surface area contributed by atoms with Crippen molar-refractivity contribution in [1.82, 2.24) is 0 Å². The lowest BCUT2D eigenvalue weighted by Crippen LogP contribution is -2.20. The normalized spacial score (nSPS) is 17.5. The molecule has 0 amide bonds. The number of hydrogen-bond donors (Lipinski definition) is 1. The van der Waals surface area contributed by atoms with Gasteiger partial charge in [0.2, 0.25) is 0 Å². The number of nitrogens with zero attached hydrogens (tertiary/aromatic N) is 1. The average Bonchev–Trinajstić information content (AvgIpc) is 2.03. The lowest BCUT2D eigenvalue weighted by molar-refractivity contribution is 0.670. The van der Waals surface area contributed by atoms with Gasteiger partial charge in [-0.1, -0.05) is 20.8 Å². The van der Waals surface area contributed by atoms with E-state index in [4.69, 9.17) is 5.73 Å². The minimum absolute atomic E-state index is 0.212. The van der Waals surface area contributed by atoms with Crippen LogP contribution in [0.2, 0.25) is 0 Å². The van der Waals surface area contributed by atoms with E-state index in [1.165, 1.54) is 0 Å². The highest BCUT2D eigenvalue weighted by atomic mass is 32.2. The van der Waals surface area contributed by atoms with Gasteiger partial charge in [-0.3, -0.25) is 9.20 Å². The number of hydrogen-bond acceptors (Lipinski definition) is 2. The van der Waals surface area contributed by atoms with Crippen LogP contribution in [0.3, 0.4) is 0 Å². The first kappa shape index (κ1) is 12.6. The Hall–Kier alpha value is -0.380. The van der Waals surface area contributed by atoms with Crippen LogP contribution in [0, 0.1) is 5.92 Å². The Morgan fingerprint density at radius 2 is 2.00 bits per heavy atom. The third-order valence-corrected chi connectivity index (χ3v) is 3.36. The fourth-order valence-corrected chi connectivity index (χ4v) is 1.16. The molecular weight excluding hydrogens is 184 g/mol. The molecule has 0 aliphatic rings. The Bertz CT molecular complexity index is 202. The van der Waals surface area contributed by atoms with E-state index >= 15 is 0 Å². The Balaban J connectivity index is 3.78. The smallest absolute Gasteiger partial charge is 0.0962 e. The highest BCUT2D eigenvalue weighted by molar-refractivity contribution is 7.84. The van der Waals surface area contributed by atoms with Crippen LogP contribution in [0.15, 0.2) is 4.99 Å². The van der Waals surface area contributed by atoms with E-state index in [1.54, 1.807) is 6.26 Å². The third-order valence-electron chi connectivity index (χ3n) is 1.99. The summed E-state index contributed by atoms with van der Waals surface area (Å²) < 4.78 is 11.0. The summed E-state index contributed by atoms with van der Waals surface area (Å²) in [6.07, 6.45) is 2.57. The molecule has 0 aromatic carbocycles. The van der Waals surface area contributed by atoms with E-state index in [-0.39, 0.29) is 5.25 Å². The molecule has 0 aliphatic heterocycles. The Morgan fingerprint density at radius 1 is 1.46 bits per heavy atom. The van der Waals surface area contributed by atoms with Crippen molar-refractivity contribution in [2.45, 2.75) is 32.4 Å². The minimum Gasteiger partial charge on any atom is -0.387 e. The van der Waals surface area contributed by atoms with Gasteiger partial charge in [0.1, 0.15) is 0 Å². The number of amidine groups is 1. The summed E-state index contributed by atoms with van der Waals surface area (Å²) in [4.78, 5) is 4.21. The number of nitrogens with two attached hydrogens (primary N) is 1. The second-order valence-corrected chi connectivity index (χ2v) is 5.36. The van der Waals surface area contributed by atoms with E-state index in [0.29, 0.717) is 18.3 Å². The largest absolute Gasteiger partial charge is 0.387 e. The van der Waals surface area contributed by atoms with Gasteiger partial charge in [-0.15, -0.1) is 0 Å². The summed E-state index contributed by atoms with van der Waals surface area (Å²) >= 11 is 0. The van der Waals surface area contributed by atoms with Crippen LogP contribution < -0.4 is 5.73 Å². The van der Waals surface area contributed by atoms with Crippen LogP contribution in [0.4, 0.5) is 0 Å². The van der Waals surface area contributed by atoms with Gasteiger partial charge in [0.05, 0.1) is 5.84 Å². The molecular formula is C9H20N2OS. The zero-order valence-corrected chi connectivity index (χ0v) is 9.73. The summed E-state index contributed by atoms with van der Waals surface area (Å²) in [5.74, 6) is 0.997. The van der Waals surface area contributed by atoms with Crippen LogP contribution in [-0.4, -0.2) is 28.1 Å². The maximum absolute atomic E-state index is 11.0. The molecule has 0 saturated carbocycles. The molecule has 0 fully saturated rings. The lowest BCUT2D eigenvalue weighted by atomic mass is 10.2. The van der Waals surface area contributed by atoms with Gasteiger partial charge in [0.15, 0.2) is 0 Å². The molecule has 0 radical (unpaired) electrons. The molecule has 13 heavy (non-hydrogen) atoms. The van der Waals surface area contributed by atoms with Crippen molar-refractivity contribution < 1.29 is 4.21 Å². The predicted molar refractivity (Wildman–Crippen MR) is 59.5 cm³/mol. The van der Waals surface area contributed by atoms with Gasteiger partial charge in [-0.25, -0.2) is 0 Å². The fraction of sp³-hybridized carbons (Fsp3) is 0.889. The first-order chi connectivity index (χ1) is 5.95. The molecule has 0 bridgehead atoms. The molecule has 3 nitrogen and oxygen atoms in total. The molecule has 0 aliphatic carbocycles. The first-order valence-corrected chi connectivity index (χ1v) is 6.19. The van der Waals surface area contributed by atoms with Gasteiger partial charge < -0.3 is 5.73 Å². The predicted octanol–water partition coefficient (Wildman–Crippen LogP) is 1.16. The van der Waals surface area contributed by atoms with E-state index in [2.05, 4.69) is 4.99 Å². The van der Waals surface area contributed by atoms with Gasteiger partial charge in [-0.05, 0) is 6.42 Å². The molecule has 78 valence electrons. The summed E-state index contributed by atoms with van der Waals surface area (Å²) in [6.45, 7) is 6.68. The zero-order chi connectivity index (χ0) is 10.4. The summed E-state index contributed by atoms with van der Waals surface area (Å²) in [7, 11) is -0.746. The van der Waals surface area contributed by atoms with Crippen LogP contribution in [0.5, 0.6) is 0 Å². The summed E-state index contributed by atoms with van der Waals surface area (Å²) in [5, 5.41) is 0.212. The number of aliphatic imine (C=N–C) groups is 1. The molecule has 0 saturated heterocycles. The molecule has 0 spiro atoms. The SMILES string of the molecule is CC(C)C(N)=NCCC(C)S(C)=O. The number of rotatable bonds is 5. The van der Waals surface area contributed by atoms with Crippen LogP contribution in [-0.2, 0) is 10.8 Å². The van der Waals surface area contributed by atoms with E-state index in [9.17, 15) is 4.21 Å². The van der Waals surface area contributed by atoms with Crippen molar-refractivity contribution in [3.05, 3.63) is 0 Å². The van der Waals surface area contributed by atoms with Gasteiger partial charge >= 0.3 is 0 Å². The van der Waals surface area contributed by atoms with Gasteiger partial charge in [0, 0.05) is 34.8 Å². The zero-order valence-electron chi connectivity index (χ0n) is 8.91. The average molecular weight is 204 g/mol. The monoisotopic (exact) mass is 204 g/mol. The van der Waals surface area contributed by atoms with E-state index < -0.39 is 10.8 Å².